The van der Waals surface area contributed by atoms with Gasteiger partial charge in [-0.1, -0.05) is 67.9 Å². The maximum atomic E-state index is 13.1. The number of amides is 1. The van der Waals surface area contributed by atoms with Gasteiger partial charge in [0.25, 0.3) is 5.91 Å². The van der Waals surface area contributed by atoms with E-state index in [4.69, 9.17) is 11.6 Å². The second-order valence-electron chi connectivity index (χ2n) is 7.17. The van der Waals surface area contributed by atoms with Gasteiger partial charge in [-0.05, 0) is 35.7 Å². The summed E-state index contributed by atoms with van der Waals surface area (Å²) in [6.45, 7) is 6.27. The third-order valence-electron chi connectivity index (χ3n) is 4.45. The fraction of sp³-hybridized carbons (Fsp3) is 0.261. The average molecular weight is 381 g/mol. The molecule has 0 fully saturated rings. The maximum absolute atomic E-state index is 13.1. The molecule has 0 bridgehead atoms. The molecular weight excluding hydrogens is 356 g/mol. The Labute approximate surface area is 166 Å². The van der Waals surface area contributed by atoms with Gasteiger partial charge in [0.2, 0.25) is 0 Å². The van der Waals surface area contributed by atoms with Gasteiger partial charge in [0, 0.05) is 25.0 Å². The molecule has 0 N–H and O–H groups in total. The number of hydrogen-bond acceptors (Lipinski definition) is 1. The van der Waals surface area contributed by atoms with Crippen molar-refractivity contribution in [1.82, 2.24) is 9.47 Å². The quantitative estimate of drug-likeness (QED) is 0.532. The van der Waals surface area contributed by atoms with Crippen molar-refractivity contribution in [2.75, 3.05) is 6.54 Å². The van der Waals surface area contributed by atoms with Crippen LogP contribution in [-0.4, -0.2) is 21.9 Å². The molecule has 0 aliphatic heterocycles. The van der Waals surface area contributed by atoms with Crippen LogP contribution in [0, 0.1) is 5.92 Å². The number of hydrogen-bond donors (Lipinski definition) is 0. The van der Waals surface area contributed by atoms with Crippen LogP contribution in [0.5, 0.6) is 0 Å². The molecule has 0 saturated carbocycles. The largest absolute Gasteiger partial charge is 0.345 e. The molecule has 27 heavy (non-hydrogen) atoms. The third-order valence-corrected chi connectivity index (χ3v) is 4.78. The molecule has 3 rings (SSSR count). The Morgan fingerprint density at radius 3 is 2.41 bits per heavy atom. The van der Waals surface area contributed by atoms with Gasteiger partial charge in [0.1, 0.15) is 0 Å². The molecule has 1 heterocycles. The summed E-state index contributed by atoms with van der Waals surface area (Å²) < 4.78 is 2.20. The highest BCUT2D eigenvalue weighted by atomic mass is 35.5. The van der Waals surface area contributed by atoms with Gasteiger partial charge in [0.05, 0.1) is 17.1 Å². The molecule has 0 aliphatic carbocycles. The zero-order valence-corrected chi connectivity index (χ0v) is 16.6. The smallest absolute Gasteiger partial charge is 0.255 e. The second-order valence-corrected chi connectivity index (χ2v) is 7.58. The number of aromatic nitrogens is 1. The monoisotopic (exact) mass is 380 g/mol. The molecule has 3 nitrogen and oxygen atoms in total. The predicted octanol–water partition coefficient (Wildman–Crippen LogP) is 5.49. The molecule has 1 aromatic heterocycles. The van der Waals surface area contributed by atoms with Crippen LogP contribution < -0.4 is 0 Å². The lowest BCUT2D eigenvalue weighted by molar-refractivity contribution is 0.0719. The zero-order valence-electron chi connectivity index (χ0n) is 15.8. The Kier molecular flexibility index (Phi) is 6.36. The van der Waals surface area contributed by atoms with Crippen LogP contribution in [-0.2, 0) is 13.1 Å². The molecule has 3 aromatic rings. The van der Waals surface area contributed by atoms with Crippen molar-refractivity contribution in [3.63, 3.8) is 0 Å². The van der Waals surface area contributed by atoms with Gasteiger partial charge in [-0.2, -0.15) is 0 Å². The first-order valence-corrected chi connectivity index (χ1v) is 9.64. The average Bonchev–Trinajstić information content (AvgIpc) is 3.08. The van der Waals surface area contributed by atoms with E-state index in [-0.39, 0.29) is 5.91 Å². The number of benzene rings is 2. The molecule has 140 valence electrons. The summed E-state index contributed by atoms with van der Waals surface area (Å²) in [4.78, 5) is 15.0. The van der Waals surface area contributed by atoms with Crippen LogP contribution in [0.2, 0.25) is 5.02 Å². The van der Waals surface area contributed by atoms with Crippen LogP contribution >= 0.6 is 11.6 Å². The van der Waals surface area contributed by atoms with Crippen LogP contribution in [0.15, 0.2) is 72.9 Å². The van der Waals surface area contributed by atoms with Crippen molar-refractivity contribution in [2.45, 2.75) is 26.9 Å². The summed E-state index contributed by atoms with van der Waals surface area (Å²) in [5.74, 6) is 0.343. The first-order valence-electron chi connectivity index (χ1n) is 9.26. The highest BCUT2D eigenvalue weighted by Gasteiger charge is 2.20. The summed E-state index contributed by atoms with van der Waals surface area (Å²) in [5, 5.41) is 0.496. The number of halogens is 1. The number of carbonyl (C=O) groups is 1. The number of rotatable bonds is 7. The second kappa shape index (κ2) is 8.92. The topological polar surface area (TPSA) is 25.2 Å². The minimum absolute atomic E-state index is 0.0261. The van der Waals surface area contributed by atoms with E-state index in [0.717, 1.165) is 12.2 Å². The normalized spacial score (nSPS) is 11.0. The molecule has 0 saturated heterocycles. The SMILES string of the molecule is CC(C)CN(Cc1cccn1Cc1ccccc1)C(=O)c1ccccc1Cl. The van der Waals surface area contributed by atoms with Gasteiger partial charge >= 0.3 is 0 Å². The molecule has 4 heteroatoms. The number of carbonyl (C=O) groups excluding carboxylic acids is 1. The lowest BCUT2D eigenvalue weighted by Crippen LogP contribution is -2.34. The van der Waals surface area contributed by atoms with E-state index < -0.39 is 0 Å². The van der Waals surface area contributed by atoms with Crippen molar-refractivity contribution in [2.24, 2.45) is 5.92 Å². The van der Waals surface area contributed by atoms with Gasteiger partial charge in [-0.3, -0.25) is 4.79 Å². The van der Waals surface area contributed by atoms with Crippen molar-refractivity contribution >= 4 is 17.5 Å². The van der Waals surface area contributed by atoms with Gasteiger partial charge < -0.3 is 9.47 Å². The summed E-state index contributed by atoms with van der Waals surface area (Å²) >= 11 is 6.27. The van der Waals surface area contributed by atoms with E-state index in [1.54, 1.807) is 12.1 Å². The first kappa shape index (κ1) is 19.2. The Bertz CT molecular complexity index is 886. The molecular formula is C23H25ClN2O. The van der Waals surface area contributed by atoms with E-state index in [1.165, 1.54) is 5.56 Å². The highest BCUT2D eigenvalue weighted by molar-refractivity contribution is 6.33. The van der Waals surface area contributed by atoms with E-state index in [9.17, 15) is 4.79 Å². The minimum atomic E-state index is -0.0261. The standard InChI is InChI=1S/C23H25ClN2O/c1-18(2)15-26(23(27)21-12-6-7-13-22(21)24)17-20-11-8-14-25(20)16-19-9-4-3-5-10-19/h3-14,18H,15-17H2,1-2H3. The summed E-state index contributed by atoms with van der Waals surface area (Å²) in [6, 6.07) is 21.7. The fourth-order valence-electron chi connectivity index (χ4n) is 3.19. The third kappa shape index (κ3) is 5.01. The first-order chi connectivity index (χ1) is 13.0. The molecule has 0 spiro atoms. The molecule has 0 unspecified atom stereocenters. The Hall–Kier alpha value is -2.52. The van der Waals surface area contributed by atoms with Crippen LogP contribution in [0.3, 0.4) is 0 Å². The Balaban J connectivity index is 1.83. The Morgan fingerprint density at radius 2 is 1.70 bits per heavy atom. The van der Waals surface area contributed by atoms with Crippen LogP contribution in [0.1, 0.15) is 35.5 Å². The lowest BCUT2D eigenvalue weighted by atomic mass is 10.1. The van der Waals surface area contributed by atoms with Gasteiger partial charge in [-0.25, -0.2) is 0 Å². The van der Waals surface area contributed by atoms with Crippen molar-refractivity contribution in [3.05, 3.63) is 94.8 Å². The highest BCUT2D eigenvalue weighted by Crippen LogP contribution is 2.20. The van der Waals surface area contributed by atoms with E-state index in [0.29, 0.717) is 29.6 Å². The van der Waals surface area contributed by atoms with Gasteiger partial charge in [-0.15, -0.1) is 0 Å². The summed E-state index contributed by atoms with van der Waals surface area (Å²) in [5.41, 5.74) is 2.91. The van der Waals surface area contributed by atoms with Crippen molar-refractivity contribution in [3.8, 4) is 0 Å². The number of nitrogens with zero attached hydrogens (tertiary/aromatic N) is 2. The molecule has 0 aliphatic rings. The maximum Gasteiger partial charge on any atom is 0.255 e. The van der Waals surface area contributed by atoms with Crippen molar-refractivity contribution in [1.29, 1.82) is 0 Å². The molecule has 2 aromatic carbocycles. The molecule has 1 amide bonds. The fourth-order valence-corrected chi connectivity index (χ4v) is 3.40. The van der Waals surface area contributed by atoms with Crippen molar-refractivity contribution < 1.29 is 4.79 Å². The zero-order chi connectivity index (χ0) is 19.2. The summed E-state index contributed by atoms with van der Waals surface area (Å²) in [6.07, 6.45) is 2.07. The Morgan fingerprint density at radius 1 is 1.00 bits per heavy atom. The lowest BCUT2D eigenvalue weighted by Gasteiger charge is -2.26. The predicted molar refractivity (Wildman–Crippen MR) is 111 cm³/mol. The van der Waals surface area contributed by atoms with E-state index in [2.05, 4.69) is 42.8 Å². The van der Waals surface area contributed by atoms with E-state index in [1.807, 2.05) is 41.3 Å². The summed E-state index contributed by atoms with van der Waals surface area (Å²) in [7, 11) is 0. The van der Waals surface area contributed by atoms with Crippen LogP contribution in [0.4, 0.5) is 0 Å². The molecule has 0 radical (unpaired) electrons. The van der Waals surface area contributed by atoms with Gasteiger partial charge in [0.15, 0.2) is 0 Å². The van der Waals surface area contributed by atoms with Crippen LogP contribution in [0.25, 0.3) is 0 Å². The molecule has 0 atom stereocenters. The minimum Gasteiger partial charge on any atom is -0.345 e. The van der Waals surface area contributed by atoms with E-state index >= 15 is 0 Å².